The number of carbonyl (C=O) groups is 2. The van der Waals surface area contributed by atoms with Gasteiger partial charge in [0.05, 0.1) is 23.1 Å². The smallest absolute Gasteiger partial charge is 0.411 e. The summed E-state index contributed by atoms with van der Waals surface area (Å²) >= 11 is 6.15. The van der Waals surface area contributed by atoms with E-state index in [0.29, 0.717) is 36.3 Å². The van der Waals surface area contributed by atoms with E-state index in [1.54, 1.807) is 26.0 Å². The van der Waals surface area contributed by atoms with Gasteiger partial charge in [-0.15, -0.1) is 0 Å². The lowest BCUT2D eigenvalue weighted by atomic mass is 9.78. The van der Waals surface area contributed by atoms with Crippen molar-refractivity contribution >= 4 is 29.1 Å². The number of ether oxygens (including phenoxy) is 2. The van der Waals surface area contributed by atoms with E-state index in [9.17, 15) is 22.8 Å². The van der Waals surface area contributed by atoms with E-state index in [2.05, 4.69) is 5.32 Å². The Hall–Kier alpha value is -2.06. The number of aryl methyl sites for hydroxylation is 2. The zero-order valence-corrected chi connectivity index (χ0v) is 19.2. The van der Waals surface area contributed by atoms with Crippen LogP contribution >= 0.6 is 11.6 Å². The lowest BCUT2D eigenvalue weighted by Gasteiger charge is -2.38. The van der Waals surface area contributed by atoms with Gasteiger partial charge in [0.15, 0.2) is 0 Å². The molecule has 176 valence electrons. The van der Waals surface area contributed by atoms with E-state index in [0.717, 1.165) is 11.1 Å². The molecule has 0 atom stereocenters. The third kappa shape index (κ3) is 5.12. The molecule has 1 amide bonds. The summed E-state index contributed by atoms with van der Waals surface area (Å²) < 4.78 is 48.4. The van der Waals surface area contributed by atoms with Crippen LogP contribution in [0.4, 0.5) is 13.2 Å². The molecule has 1 N–H and O–H groups in total. The summed E-state index contributed by atoms with van der Waals surface area (Å²) in [7, 11) is 0. The molecule has 1 fully saturated rings. The SMILES string of the molecule is Cc1cc(Cl)cc(C)c1C1=C(OC(=O)C(C)C)[C@]2(CC[C@H](OCC(F)(F)F)CC2)NC1=O. The molecule has 0 unspecified atom stereocenters. The molecule has 0 radical (unpaired) electrons. The Kier molecular flexibility index (Phi) is 6.96. The summed E-state index contributed by atoms with van der Waals surface area (Å²) in [4.78, 5) is 25.7. The van der Waals surface area contributed by atoms with Crippen LogP contribution in [0, 0.1) is 19.8 Å². The zero-order valence-electron chi connectivity index (χ0n) is 18.5. The number of nitrogens with one attached hydrogen (secondary N) is 1. The van der Waals surface area contributed by atoms with E-state index in [4.69, 9.17) is 21.1 Å². The molecule has 0 aromatic heterocycles. The number of hydrogen-bond donors (Lipinski definition) is 1. The molecular weight excluding hydrogens is 447 g/mol. The normalized spacial score (nSPS) is 23.8. The van der Waals surface area contributed by atoms with Crippen molar-refractivity contribution < 1.29 is 32.2 Å². The summed E-state index contributed by atoms with van der Waals surface area (Å²) in [6.07, 6.45) is -3.78. The van der Waals surface area contributed by atoms with Gasteiger partial charge in [0.2, 0.25) is 0 Å². The van der Waals surface area contributed by atoms with E-state index in [-0.39, 0.29) is 17.2 Å². The molecule has 1 saturated carbocycles. The average molecular weight is 474 g/mol. The fourth-order valence-corrected chi connectivity index (χ4v) is 4.72. The first-order valence-corrected chi connectivity index (χ1v) is 11.0. The van der Waals surface area contributed by atoms with Crippen molar-refractivity contribution in [2.24, 2.45) is 5.92 Å². The summed E-state index contributed by atoms with van der Waals surface area (Å²) in [5, 5.41) is 3.50. The zero-order chi connectivity index (χ0) is 23.8. The average Bonchev–Trinajstić information content (AvgIpc) is 2.91. The van der Waals surface area contributed by atoms with Crippen LogP contribution in [-0.4, -0.2) is 36.3 Å². The molecule has 2 aliphatic rings. The molecule has 32 heavy (non-hydrogen) atoms. The highest BCUT2D eigenvalue weighted by atomic mass is 35.5. The van der Waals surface area contributed by atoms with E-state index >= 15 is 0 Å². The Balaban J connectivity index is 1.99. The summed E-state index contributed by atoms with van der Waals surface area (Å²) in [5.74, 6) is -1.04. The van der Waals surface area contributed by atoms with Crippen molar-refractivity contribution in [2.45, 2.75) is 71.2 Å². The van der Waals surface area contributed by atoms with Crippen molar-refractivity contribution in [3.8, 4) is 0 Å². The van der Waals surface area contributed by atoms with E-state index in [1.165, 1.54) is 0 Å². The number of alkyl halides is 3. The predicted molar refractivity (Wildman–Crippen MR) is 114 cm³/mol. The van der Waals surface area contributed by atoms with Crippen LogP contribution in [0.3, 0.4) is 0 Å². The third-order valence-corrected chi connectivity index (χ3v) is 6.15. The number of benzene rings is 1. The summed E-state index contributed by atoms with van der Waals surface area (Å²) in [5.41, 5.74) is 1.48. The largest absolute Gasteiger partial charge is 0.427 e. The van der Waals surface area contributed by atoms with Crippen molar-refractivity contribution in [1.82, 2.24) is 5.32 Å². The molecule has 1 spiro atoms. The van der Waals surface area contributed by atoms with Crippen molar-refractivity contribution in [3.05, 3.63) is 39.6 Å². The Morgan fingerprint density at radius 2 is 1.78 bits per heavy atom. The first-order chi connectivity index (χ1) is 14.8. The van der Waals surface area contributed by atoms with Gasteiger partial charge < -0.3 is 14.8 Å². The second kappa shape index (κ2) is 9.06. The molecule has 9 heteroatoms. The predicted octanol–water partition coefficient (Wildman–Crippen LogP) is 5.26. The maximum Gasteiger partial charge on any atom is 0.411 e. The van der Waals surface area contributed by atoms with Crippen LogP contribution in [0.25, 0.3) is 5.57 Å². The number of hydrogen-bond acceptors (Lipinski definition) is 4. The second-order valence-electron chi connectivity index (χ2n) is 8.86. The lowest BCUT2D eigenvalue weighted by molar-refractivity contribution is -0.189. The van der Waals surface area contributed by atoms with Crippen LogP contribution in [0.1, 0.15) is 56.2 Å². The minimum absolute atomic E-state index is 0.240. The number of amides is 1. The Bertz CT molecular complexity index is 924. The van der Waals surface area contributed by atoms with Gasteiger partial charge in [-0.1, -0.05) is 25.4 Å². The molecular formula is C23H27ClF3NO4. The van der Waals surface area contributed by atoms with Crippen LogP contribution in [0.2, 0.25) is 5.02 Å². The fraction of sp³-hybridized carbons (Fsp3) is 0.565. The molecule has 3 rings (SSSR count). The first kappa shape index (κ1) is 24.6. The van der Waals surface area contributed by atoms with Crippen LogP contribution in [0.5, 0.6) is 0 Å². The molecule has 1 aromatic rings. The van der Waals surface area contributed by atoms with Crippen molar-refractivity contribution in [2.75, 3.05) is 6.61 Å². The molecule has 0 saturated heterocycles. The number of rotatable bonds is 5. The topological polar surface area (TPSA) is 64.6 Å². The monoisotopic (exact) mass is 473 g/mol. The van der Waals surface area contributed by atoms with Gasteiger partial charge in [0, 0.05) is 5.02 Å². The van der Waals surface area contributed by atoms with E-state index in [1.807, 2.05) is 13.8 Å². The van der Waals surface area contributed by atoms with Gasteiger partial charge in [-0.05, 0) is 68.4 Å². The van der Waals surface area contributed by atoms with Gasteiger partial charge in [-0.25, -0.2) is 0 Å². The molecule has 0 bridgehead atoms. The van der Waals surface area contributed by atoms with Crippen LogP contribution < -0.4 is 5.32 Å². The molecule has 1 aliphatic carbocycles. The van der Waals surface area contributed by atoms with Gasteiger partial charge in [0.25, 0.3) is 5.91 Å². The Labute approximate surface area is 190 Å². The Morgan fingerprint density at radius 1 is 1.22 bits per heavy atom. The summed E-state index contributed by atoms with van der Waals surface area (Å²) in [6, 6.07) is 3.47. The van der Waals surface area contributed by atoms with Gasteiger partial charge in [-0.2, -0.15) is 13.2 Å². The van der Waals surface area contributed by atoms with E-state index < -0.39 is 36.3 Å². The molecule has 1 aromatic carbocycles. The maximum absolute atomic E-state index is 13.2. The maximum atomic E-state index is 13.2. The van der Waals surface area contributed by atoms with Crippen molar-refractivity contribution in [3.63, 3.8) is 0 Å². The highest BCUT2D eigenvalue weighted by Gasteiger charge is 2.50. The minimum Gasteiger partial charge on any atom is -0.427 e. The van der Waals surface area contributed by atoms with Gasteiger partial charge in [-0.3, -0.25) is 9.59 Å². The fourth-order valence-electron chi connectivity index (χ4n) is 4.39. The second-order valence-corrected chi connectivity index (χ2v) is 9.29. The third-order valence-electron chi connectivity index (χ3n) is 5.93. The Morgan fingerprint density at radius 3 is 2.28 bits per heavy atom. The molecule has 5 nitrogen and oxygen atoms in total. The van der Waals surface area contributed by atoms with Gasteiger partial charge >= 0.3 is 12.1 Å². The minimum atomic E-state index is -4.40. The highest BCUT2D eigenvalue weighted by Crippen LogP contribution is 2.45. The molecule has 1 heterocycles. The first-order valence-electron chi connectivity index (χ1n) is 10.6. The van der Waals surface area contributed by atoms with Gasteiger partial charge in [0.1, 0.15) is 12.4 Å². The lowest BCUT2D eigenvalue weighted by Crippen LogP contribution is -2.49. The molecule has 1 aliphatic heterocycles. The quantitative estimate of drug-likeness (QED) is 0.593. The van der Waals surface area contributed by atoms with Crippen LogP contribution in [-0.2, 0) is 19.1 Å². The summed E-state index contributed by atoms with van der Waals surface area (Å²) in [6.45, 7) is 5.73. The standard InChI is InChI=1S/C23H27ClF3NO4/c1-12(2)21(30)32-19-18(17-13(3)9-15(24)10-14(17)4)20(29)28-22(19)7-5-16(6-8-22)31-11-23(25,26)27/h9-10,12,16H,5-8,11H2,1-4H3,(H,28,29)/t16-,22+. The number of carbonyl (C=O) groups excluding carboxylic acids is 2. The van der Waals surface area contributed by atoms with Crippen LogP contribution in [0.15, 0.2) is 17.9 Å². The van der Waals surface area contributed by atoms with Crippen molar-refractivity contribution in [1.29, 1.82) is 0 Å². The highest BCUT2D eigenvalue weighted by molar-refractivity contribution is 6.31. The number of halogens is 4. The number of esters is 1.